The summed E-state index contributed by atoms with van der Waals surface area (Å²) in [7, 11) is -4.00. The molecule has 0 radical (unpaired) electrons. The zero-order chi connectivity index (χ0) is 20.1. The Balaban J connectivity index is 1.83. The van der Waals surface area contributed by atoms with Crippen LogP contribution in [0.4, 0.5) is 10.1 Å². The summed E-state index contributed by atoms with van der Waals surface area (Å²) in [5.41, 5.74) is 1.14. The smallest absolute Gasteiger partial charge is 0.264 e. The third-order valence-electron chi connectivity index (χ3n) is 4.56. The fraction of sp³-hybridized carbons (Fsp3) is 0.350. The molecule has 0 saturated carbocycles. The van der Waals surface area contributed by atoms with E-state index >= 15 is 0 Å². The molecule has 3 rings (SSSR count). The molecule has 1 aliphatic heterocycles. The van der Waals surface area contributed by atoms with Gasteiger partial charge in [-0.25, -0.2) is 12.8 Å². The molecule has 150 valence electrons. The Labute approximate surface area is 164 Å². The largest absolute Gasteiger partial charge is 0.376 e. The molecule has 1 saturated heterocycles. The zero-order valence-corrected chi connectivity index (χ0v) is 16.4. The van der Waals surface area contributed by atoms with E-state index in [1.807, 2.05) is 6.92 Å². The minimum absolute atomic E-state index is 0.0445. The van der Waals surface area contributed by atoms with E-state index in [-0.39, 0.29) is 16.7 Å². The molecule has 1 fully saturated rings. The number of hydrogen-bond acceptors (Lipinski definition) is 4. The monoisotopic (exact) mass is 406 g/mol. The van der Waals surface area contributed by atoms with E-state index in [0.29, 0.717) is 13.2 Å². The van der Waals surface area contributed by atoms with Gasteiger partial charge in [0.15, 0.2) is 0 Å². The van der Waals surface area contributed by atoms with E-state index in [4.69, 9.17) is 4.74 Å². The summed E-state index contributed by atoms with van der Waals surface area (Å²) < 4.78 is 46.1. The lowest BCUT2D eigenvalue weighted by Crippen LogP contribution is -2.42. The molecule has 0 spiro atoms. The maximum atomic E-state index is 13.3. The Morgan fingerprint density at radius 3 is 2.46 bits per heavy atom. The van der Waals surface area contributed by atoms with Crippen LogP contribution in [0.3, 0.4) is 0 Å². The van der Waals surface area contributed by atoms with Crippen LogP contribution in [-0.2, 0) is 19.6 Å². The molecule has 0 bridgehead atoms. The number of nitrogens with zero attached hydrogens (tertiary/aromatic N) is 1. The average Bonchev–Trinajstić information content (AvgIpc) is 3.19. The molecular weight excluding hydrogens is 383 g/mol. The number of ether oxygens (including phenoxy) is 1. The van der Waals surface area contributed by atoms with Crippen molar-refractivity contribution in [1.29, 1.82) is 0 Å². The van der Waals surface area contributed by atoms with Crippen molar-refractivity contribution in [2.75, 3.05) is 24.0 Å². The number of benzene rings is 2. The highest BCUT2D eigenvalue weighted by Gasteiger charge is 2.27. The summed E-state index contributed by atoms with van der Waals surface area (Å²) >= 11 is 0. The maximum Gasteiger partial charge on any atom is 0.264 e. The third-order valence-corrected chi connectivity index (χ3v) is 6.35. The summed E-state index contributed by atoms with van der Waals surface area (Å²) in [5, 5.41) is 2.72. The Hall–Kier alpha value is -2.45. The van der Waals surface area contributed by atoms with Crippen LogP contribution in [0.15, 0.2) is 53.4 Å². The van der Waals surface area contributed by atoms with Crippen molar-refractivity contribution in [3.63, 3.8) is 0 Å². The number of anilines is 1. The van der Waals surface area contributed by atoms with Crippen LogP contribution in [0.25, 0.3) is 0 Å². The van der Waals surface area contributed by atoms with Gasteiger partial charge in [0.2, 0.25) is 5.91 Å². The molecular formula is C20H23FN2O4S. The van der Waals surface area contributed by atoms with Crippen LogP contribution < -0.4 is 9.62 Å². The predicted molar refractivity (Wildman–Crippen MR) is 104 cm³/mol. The van der Waals surface area contributed by atoms with E-state index in [9.17, 15) is 17.6 Å². The van der Waals surface area contributed by atoms with Gasteiger partial charge >= 0.3 is 0 Å². The molecule has 0 aromatic heterocycles. The standard InChI is InChI=1S/C20H23FN2O4S/c1-15-4-10-19(11-5-15)28(25,26)23(17-8-6-16(21)7-9-17)14-20(24)22-13-18-3-2-12-27-18/h4-11,18H,2-3,12-14H2,1H3,(H,22,24). The summed E-state index contributed by atoms with van der Waals surface area (Å²) in [5.74, 6) is -0.935. The van der Waals surface area contributed by atoms with Gasteiger partial charge in [-0.05, 0) is 56.2 Å². The van der Waals surface area contributed by atoms with Gasteiger partial charge in [-0.1, -0.05) is 17.7 Å². The van der Waals surface area contributed by atoms with Gasteiger partial charge in [-0.3, -0.25) is 9.10 Å². The molecule has 1 unspecified atom stereocenters. The normalized spacial score (nSPS) is 16.7. The van der Waals surface area contributed by atoms with Crippen LogP contribution in [0.2, 0.25) is 0 Å². The summed E-state index contributed by atoms with van der Waals surface area (Å²) in [6.45, 7) is 2.45. The van der Waals surface area contributed by atoms with E-state index in [2.05, 4.69) is 5.32 Å². The van der Waals surface area contributed by atoms with Crippen LogP contribution in [0, 0.1) is 12.7 Å². The van der Waals surface area contributed by atoms with Crippen LogP contribution in [-0.4, -0.2) is 40.1 Å². The lowest BCUT2D eigenvalue weighted by atomic mass is 10.2. The van der Waals surface area contributed by atoms with Crippen molar-refractivity contribution in [3.8, 4) is 0 Å². The molecule has 1 aliphatic rings. The first-order chi connectivity index (χ1) is 13.4. The quantitative estimate of drug-likeness (QED) is 0.767. The first kappa shape index (κ1) is 20.3. The van der Waals surface area contributed by atoms with Crippen LogP contribution in [0.5, 0.6) is 0 Å². The second-order valence-electron chi connectivity index (χ2n) is 6.74. The van der Waals surface area contributed by atoms with Gasteiger partial charge in [0.1, 0.15) is 12.4 Å². The zero-order valence-electron chi connectivity index (χ0n) is 15.6. The van der Waals surface area contributed by atoms with E-state index < -0.39 is 28.3 Å². The number of nitrogens with one attached hydrogen (secondary N) is 1. The van der Waals surface area contributed by atoms with Crippen molar-refractivity contribution in [2.24, 2.45) is 0 Å². The number of halogens is 1. The van der Waals surface area contributed by atoms with E-state index in [0.717, 1.165) is 34.8 Å². The minimum atomic E-state index is -4.00. The molecule has 28 heavy (non-hydrogen) atoms. The number of rotatable bonds is 7. The average molecular weight is 406 g/mol. The minimum Gasteiger partial charge on any atom is -0.376 e. The molecule has 1 N–H and O–H groups in total. The van der Waals surface area contributed by atoms with Crippen molar-refractivity contribution in [2.45, 2.75) is 30.8 Å². The highest BCUT2D eigenvalue weighted by Crippen LogP contribution is 2.24. The van der Waals surface area contributed by atoms with Gasteiger partial charge in [0.25, 0.3) is 10.0 Å². The first-order valence-electron chi connectivity index (χ1n) is 9.09. The first-order valence-corrected chi connectivity index (χ1v) is 10.5. The number of aryl methyl sites for hydroxylation is 1. The number of hydrogen-bond donors (Lipinski definition) is 1. The van der Waals surface area contributed by atoms with Gasteiger partial charge in [-0.15, -0.1) is 0 Å². The Kier molecular flexibility index (Phi) is 6.31. The second-order valence-corrected chi connectivity index (χ2v) is 8.60. The topological polar surface area (TPSA) is 75.7 Å². The van der Waals surface area contributed by atoms with E-state index in [1.54, 1.807) is 12.1 Å². The second kappa shape index (κ2) is 8.70. The van der Waals surface area contributed by atoms with Gasteiger partial charge in [0, 0.05) is 13.2 Å². The Morgan fingerprint density at radius 2 is 1.86 bits per heavy atom. The SMILES string of the molecule is Cc1ccc(S(=O)(=O)N(CC(=O)NCC2CCCO2)c2ccc(F)cc2)cc1. The van der Waals surface area contributed by atoms with Crippen molar-refractivity contribution in [3.05, 3.63) is 59.9 Å². The fourth-order valence-corrected chi connectivity index (χ4v) is 4.40. The molecule has 2 aromatic carbocycles. The van der Waals surface area contributed by atoms with Gasteiger partial charge < -0.3 is 10.1 Å². The fourth-order valence-electron chi connectivity index (χ4n) is 2.98. The highest BCUT2D eigenvalue weighted by atomic mass is 32.2. The Morgan fingerprint density at radius 1 is 1.18 bits per heavy atom. The number of amides is 1. The van der Waals surface area contributed by atoms with E-state index in [1.165, 1.54) is 24.3 Å². The number of carbonyl (C=O) groups is 1. The predicted octanol–water partition coefficient (Wildman–Crippen LogP) is 2.62. The van der Waals surface area contributed by atoms with Crippen molar-refractivity contribution >= 4 is 21.6 Å². The Bertz CT molecular complexity index is 908. The summed E-state index contributed by atoms with van der Waals surface area (Å²) in [4.78, 5) is 12.5. The molecule has 6 nitrogen and oxygen atoms in total. The number of sulfonamides is 1. The van der Waals surface area contributed by atoms with Crippen molar-refractivity contribution in [1.82, 2.24) is 5.32 Å². The highest BCUT2D eigenvalue weighted by molar-refractivity contribution is 7.92. The van der Waals surface area contributed by atoms with Crippen molar-refractivity contribution < 1.29 is 22.3 Å². The van der Waals surface area contributed by atoms with Crippen LogP contribution >= 0.6 is 0 Å². The molecule has 8 heteroatoms. The van der Waals surface area contributed by atoms with Gasteiger partial charge in [0.05, 0.1) is 16.7 Å². The van der Waals surface area contributed by atoms with Crippen LogP contribution in [0.1, 0.15) is 18.4 Å². The lowest BCUT2D eigenvalue weighted by molar-refractivity contribution is -0.120. The third kappa shape index (κ3) is 4.88. The molecule has 1 heterocycles. The molecule has 1 atom stereocenters. The van der Waals surface area contributed by atoms with Gasteiger partial charge in [-0.2, -0.15) is 0 Å². The maximum absolute atomic E-state index is 13.3. The lowest BCUT2D eigenvalue weighted by Gasteiger charge is -2.24. The number of carbonyl (C=O) groups excluding carboxylic acids is 1. The summed E-state index contributed by atoms with van der Waals surface area (Å²) in [6.07, 6.45) is 1.77. The molecule has 2 aromatic rings. The molecule has 0 aliphatic carbocycles. The summed E-state index contributed by atoms with van der Waals surface area (Å²) in [6, 6.07) is 11.4. The molecule has 1 amide bonds.